The summed E-state index contributed by atoms with van der Waals surface area (Å²) in [7, 11) is 1.81. The van der Waals surface area contributed by atoms with Crippen LogP contribution in [0.5, 0.6) is 0 Å². The van der Waals surface area contributed by atoms with Crippen LogP contribution in [0.25, 0.3) is 10.9 Å². The van der Waals surface area contributed by atoms with Crippen LogP contribution in [-0.2, 0) is 6.42 Å². The lowest BCUT2D eigenvalue weighted by Crippen LogP contribution is -2.40. The topological polar surface area (TPSA) is 52.2 Å². The molecule has 1 aromatic heterocycles. The maximum absolute atomic E-state index is 13.2. The third-order valence-electron chi connectivity index (χ3n) is 4.54. The van der Waals surface area contributed by atoms with Crippen LogP contribution in [0.3, 0.4) is 0 Å². The molecule has 3 N–H and O–H groups in total. The van der Waals surface area contributed by atoms with Gasteiger partial charge in [-0.3, -0.25) is 4.99 Å². The van der Waals surface area contributed by atoms with Gasteiger partial charge < -0.3 is 15.6 Å². The number of rotatable bonds is 6. The molecule has 2 unspecified atom stereocenters. The SMILES string of the molecule is CCCC1CC1NC(=NC)NCCc1c[nH]c2cc(F)ccc12.I. The first-order valence-corrected chi connectivity index (χ1v) is 8.44. The summed E-state index contributed by atoms with van der Waals surface area (Å²) >= 11 is 0. The Hall–Kier alpha value is -1.31. The van der Waals surface area contributed by atoms with Crippen molar-refractivity contribution in [1.82, 2.24) is 15.6 Å². The fourth-order valence-corrected chi connectivity index (χ4v) is 3.17. The highest BCUT2D eigenvalue weighted by Crippen LogP contribution is 2.34. The van der Waals surface area contributed by atoms with Crippen LogP contribution in [0.15, 0.2) is 29.4 Å². The summed E-state index contributed by atoms with van der Waals surface area (Å²) < 4.78 is 13.2. The van der Waals surface area contributed by atoms with Gasteiger partial charge in [0, 0.05) is 36.7 Å². The highest BCUT2D eigenvalue weighted by Gasteiger charge is 2.36. The predicted octanol–water partition coefficient (Wildman–Crippen LogP) is 3.82. The monoisotopic (exact) mass is 444 g/mol. The van der Waals surface area contributed by atoms with Gasteiger partial charge in [0.15, 0.2) is 5.96 Å². The molecule has 0 saturated heterocycles. The number of hydrogen-bond donors (Lipinski definition) is 3. The molecule has 0 bridgehead atoms. The molecular weight excluding hydrogens is 418 g/mol. The highest BCUT2D eigenvalue weighted by atomic mass is 127. The third-order valence-corrected chi connectivity index (χ3v) is 4.54. The van der Waals surface area contributed by atoms with Crippen LogP contribution >= 0.6 is 24.0 Å². The lowest BCUT2D eigenvalue weighted by atomic mass is 10.1. The minimum absolute atomic E-state index is 0. The number of hydrogen-bond acceptors (Lipinski definition) is 1. The molecule has 0 amide bonds. The van der Waals surface area contributed by atoms with E-state index in [2.05, 4.69) is 27.5 Å². The average Bonchev–Trinajstić information content (AvgIpc) is 3.15. The smallest absolute Gasteiger partial charge is 0.191 e. The molecule has 1 heterocycles. The zero-order valence-electron chi connectivity index (χ0n) is 14.2. The number of fused-ring (bicyclic) bond motifs is 1. The molecule has 0 aliphatic heterocycles. The molecule has 1 aliphatic rings. The van der Waals surface area contributed by atoms with Crippen LogP contribution in [0.1, 0.15) is 31.7 Å². The van der Waals surface area contributed by atoms with E-state index in [0.717, 1.165) is 35.7 Å². The number of benzene rings is 1. The Labute approximate surface area is 159 Å². The van der Waals surface area contributed by atoms with Crippen molar-refractivity contribution in [2.24, 2.45) is 10.9 Å². The van der Waals surface area contributed by atoms with Crippen LogP contribution in [0, 0.1) is 11.7 Å². The summed E-state index contributed by atoms with van der Waals surface area (Å²) in [5.41, 5.74) is 2.04. The Bertz CT molecular complexity index is 697. The number of aliphatic imine (C=N–C) groups is 1. The number of nitrogens with one attached hydrogen (secondary N) is 3. The maximum Gasteiger partial charge on any atom is 0.191 e. The van der Waals surface area contributed by atoms with Gasteiger partial charge in [-0.05, 0) is 48.9 Å². The highest BCUT2D eigenvalue weighted by molar-refractivity contribution is 14.0. The number of nitrogens with zero attached hydrogens (tertiary/aromatic N) is 1. The van der Waals surface area contributed by atoms with Gasteiger partial charge in [0.2, 0.25) is 0 Å². The van der Waals surface area contributed by atoms with Gasteiger partial charge in [0.1, 0.15) is 5.82 Å². The number of halogens is 2. The van der Waals surface area contributed by atoms with Crippen molar-refractivity contribution in [3.8, 4) is 0 Å². The van der Waals surface area contributed by atoms with E-state index in [4.69, 9.17) is 0 Å². The van der Waals surface area contributed by atoms with Crippen molar-refractivity contribution in [1.29, 1.82) is 0 Å². The van der Waals surface area contributed by atoms with Crippen LogP contribution in [0.2, 0.25) is 0 Å². The van der Waals surface area contributed by atoms with Crippen LogP contribution < -0.4 is 10.6 Å². The normalized spacial score (nSPS) is 19.9. The first-order valence-electron chi connectivity index (χ1n) is 8.44. The summed E-state index contributed by atoms with van der Waals surface area (Å²) in [5, 5.41) is 7.94. The number of aromatic amines is 1. The molecule has 1 aromatic carbocycles. The lowest BCUT2D eigenvalue weighted by Gasteiger charge is -2.11. The van der Waals surface area contributed by atoms with Crippen LogP contribution in [0.4, 0.5) is 4.39 Å². The number of H-pyrrole nitrogens is 1. The van der Waals surface area contributed by atoms with Gasteiger partial charge in [0.05, 0.1) is 0 Å². The summed E-state index contributed by atoms with van der Waals surface area (Å²) in [6.45, 7) is 3.03. The molecule has 6 heteroatoms. The predicted molar refractivity (Wildman–Crippen MR) is 109 cm³/mol. The zero-order chi connectivity index (χ0) is 16.2. The largest absolute Gasteiger partial charge is 0.361 e. The van der Waals surface area contributed by atoms with Crippen LogP contribution in [-0.4, -0.2) is 30.6 Å². The summed E-state index contributed by atoms with van der Waals surface area (Å²) in [4.78, 5) is 7.42. The molecule has 0 spiro atoms. The van der Waals surface area contributed by atoms with E-state index in [9.17, 15) is 4.39 Å². The van der Waals surface area contributed by atoms with Gasteiger partial charge in [-0.25, -0.2) is 4.39 Å². The molecule has 0 radical (unpaired) electrons. The average molecular weight is 444 g/mol. The first-order chi connectivity index (χ1) is 11.2. The second-order valence-electron chi connectivity index (χ2n) is 6.29. The van der Waals surface area contributed by atoms with Crippen molar-refractivity contribution in [2.45, 2.75) is 38.6 Å². The summed E-state index contributed by atoms with van der Waals surface area (Å²) in [5.74, 6) is 1.47. The molecule has 1 saturated carbocycles. The second kappa shape index (κ2) is 8.69. The Morgan fingerprint density at radius 2 is 2.25 bits per heavy atom. The summed E-state index contributed by atoms with van der Waals surface area (Å²) in [6, 6.07) is 5.46. The fourth-order valence-electron chi connectivity index (χ4n) is 3.17. The van der Waals surface area contributed by atoms with Gasteiger partial charge in [-0.1, -0.05) is 13.3 Å². The molecule has 2 aromatic rings. The van der Waals surface area contributed by atoms with E-state index in [1.165, 1.54) is 37.0 Å². The zero-order valence-corrected chi connectivity index (χ0v) is 16.6. The van der Waals surface area contributed by atoms with Gasteiger partial charge in [0.25, 0.3) is 0 Å². The minimum atomic E-state index is -0.209. The molecule has 24 heavy (non-hydrogen) atoms. The fraction of sp³-hybridized carbons (Fsp3) is 0.500. The van der Waals surface area contributed by atoms with E-state index < -0.39 is 0 Å². The molecule has 132 valence electrons. The van der Waals surface area contributed by atoms with E-state index in [1.807, 2.05) is 12.3 Å². The van der Waals surface area contributed by atoms with Crippen molar-refractivity contribution >= 4 is 40.8 Å². The molecule has 2 atom stereocenters. The van der Waals surface area contributed by atoms with E-state index in [0.29, 0.717) is 6.04 Å². The Kier molecular flexibility index (Phi) is 6.89. The standard InChI is InChI=1S/C18H25FN4.HI/c1-3-4-12-9-16(12)23-18(20-2)21-8-7-13-11-22-17-10-14(19)5-6-15(13)17;/h5-6,10-12,16,22H,3-4,7-9H2,1-2H3,(H2,20,21,23);1H. The van der Waals surface area contributed by atoms with Gasteiger partial charge in [-0.2, -0.15) is 0 Å². The van der Waals surface area contributed by atoms with Crippen molar-refractivity contribution in [3.63, 3.8) is 0 Å². The quantitative estimate of drug-likeness (QED) is 0.361. The van der Waals surface area contributed by atoms with Crippen molar-refractivity contribution < 1.29 is 4.39 Å². The first kappa shape index (κ1) is 19.0. The molecule has 3 rings (SSSR count). The molecule has 1 aliphatic carbocycles. The van der Waals surface area contributed by atoms with Gasteiger partial charge >= 0.3 is 0 Å². The third kappa shape index (κ3) is 4.62. The van der Waals surface area contributed by atoms with E-state index in [1.54, 1.807) is 7.05 Å². The minimum Gasteiger partial charge on any atom is -0.361 e. The van der Waals surface area contributed by atoms with Crippen molar-refractivity contribution in [2.75, 3.05) is 13.6 Å². The Morgan fingerprint density at radius 1 is 1.42 bits per heavy atom. The van der Waals surface area contributed by atoms with Crippen molar-refractivity contribution in [3.05, 3.63) is 35.8 Å². The second-order valence-corrected chi connectivity index (χ2v) is 6.29. The maximum atomic E-state index is 13.2. The lowest BCUT2D eigenvalue weighted by molar-refractivity contribution is 0.629. The molecule has 1 fully saturated rings. The Balaban J connectivity index is 0.00000208. The Morgan fingerprint density at radius 3 is 3.00 bits per heavy atom. The summed E-state index contributed by atoms with van der Waals surface area (Å²) in [6.07, 6.45) is 6.62. The number of guanidine groups is 1. The molecular formula is C18H26FIN4. The molecule has 4 nitrogen and oxygen atoms in total. The van der Waals surface area contributed by atoms with Gasteiger partial charge in [-0.15, -0.1) is 24.0 Å². The van der Waals surface area contributed by atoms with E-state index in [-0.39, 0.29) is 29.8 Å². The van der Waals surface area contributed by atoms with E-state index >= 15 is 0 Å². The number of aromatic nitrogens is 1.